The van der Waals surface area contributed by atoms with Crippen LogP contribution < -0.4 is 0 Å². The van der Waals surface area contributed by atoms with E-state index in [1.807, 2.05) is 25.1 Å². The van der Waals surface area contributed by atoms with Crippen molar-refractivity contribution in [2.45, 2.75) is 50.5 Å². The maximum atomic E-state index is 11.0. The van der Waals surface area contributed by atoms with Gasteiger partial charge in [0, 0.05) is 37.8 Å². The van der Waals surface area contributed by atoms with Gasteiger partial charge >= 0.3 is 5.97 Å². The number of carbonyl (C=O) groups excluding carboxylic acids is 2. The molecule has 8 heteroatoms. The molecule has 1 aromatic rings. The van der Waals surface area contributed by atoms with E-state index in [0.717, 1.165) is 23.6 Å². The second-order valence-corrected chi connectivity index (χ2v) is 7.80. The van der Waals surface area contributed by atoms with Crippen LogP contribution in [0.2, 0.25) is 0 Å². The molecule has 0 saturated carbocycles. The lowest BCUT2D eigenvalue weighted by Gasteiger charge is -2.11. The number of amides is 2. The van der Waals surface area contributed by atoms with Gasteiger partial charge in [-0.05, 0) is 35.8 Å². The Morgan fingerprint density at radius 1 is 1.24 bits per heavy atom. The number of likely N-dealkylation sites (tertiary alicyclic amines) is 1. The summed E-state index contributed by atoms with van der Waals surface area (Å²) in [5.41, 5.74) is 0. The van der Waals surface area contributed by atoms with Crippen LogP contribution in [0.15, 0.2) is 29.4 Å². The molecular formula is C17H24N2O4S2. The predicted octanol–water partition coefficient (Wildman–Crippen LogP) is 3.62. The van der Waals surface area contributed by atoms with E-state index in [2.05, 4.69) is 4.98 Å². The van der Waals surface area contributed by atoms with Gasteiger partial charge < -0.3 is 5.11 Å². The number of hydrogen-bond acceptors (Lipinski definition) is 6. The molecule has 1 aliphatic heterocycles. The molecule has 0 bridgehead atoms. The van der Waals surface area contributed by atoms with Crippen molar-refractivity contribution in [3.05, 3.63) is 24.4 Å². The van der Waals surface area contributed by atoms with Crippen molar-refractivity contribution in [2.24, 2.45) is 0 Å². The first-order chi connectivity index (χ1) is 12.0. The Kier molecular flexibility index (Phi) is 11.0. The minimum atomic E-state index is -0.728. The van der Waals surface area contributed by atoms with Crippen LogP contribution in [0.1, 0.15) is 45.4 Å². The third-order valence-electron chi connectivity index (χ3n) is 3.29. The van der Waals surface area contributed by atoms with Gasteiger partial charge in [-0.1, -0.05) is 30.2 Å². The summed E-state index contributed by atoms with van der Waals surface area (Å²) in [7, 11) is 3.22. The number of unbranched alkanes of at least 4 members (excludes halogenated alkanes) is 1. The minimum Gasteiger partial charge on any atom is -0.481 e. The van der Waals surface area contributed by atoms with Crippen LogP contribution >= 0.6 is 21.6 Å². The number of carboxylic acid groups (broad SMARTS) is 1. The summed E-state index contributed by atoms with van der Waals surface area (Å²) < 4.78 is 0. The number of pyridine rings is 1. The highest BCUT2D eigenvalue weighted by atomic mass is 33.1. The zero-order valence-electron chi connectivity index (χ0n) is 14.3. The first kappa shape index (κ1) is 21.5. The quantitative estimate of drug-likeness (QED) is 0.395. The first-order valence-corrected chi connectivity index (χ1v) is 10.6. The Balaban J connectivity index is 0.000000257. The third-order valence-corrected chi connectivity index (χ3v) is 5.64. The van der Waals surface area contributed by atoms with Crippen molar-refractivity contribution in [1.29, 1.82) is 0 Å². The number of hydrogen-bond donors (Lipinski definition) is 1. The fraction of sp³-hybridized carbons (Fsp3) is 0.529. The zero-order valence-corrected chi connectivity index (χ0v) is 16.0. The second kappa shape index (κ2) is 12.8. The third kappa shape index (κ3) is 9.50. The maximum absolute atomic E-state index is 11.0. The van der Waals surface area contributed by atoms with Gasteiger partial charge in [0.05, 0.1) is 0 Å². The van der Waals surface area contributed by atoms with E-state index in [1.165, 1.54) is 4.90 Å². The van der Waals surface area contributed by atoms with Crippen LogP contribution in [-0.4, -0.2) is 45.1 Å². The zero-order chi connectivity index (χ0) is 18.5. The number of carboxylic acids is 1. The summed E-state index contributed by atoms with van der Waals surface area (Å²) in [6.07, 6.45) is 5.50. The largest absolute Gasteiger partial charge is 0.481 e. The molecule has 0 atom stereocenters. The van der Waals surface area contributed by atoms with E-state index in [0.29, 0.717) is 25.8 Å². The number of rotatable bonds is 9. The fourth-order valence-electron chi connectivity index (χ4n) is 1.97. The lowest BCUT2D eigenvalue weighted by atomic mass is 10.3. The van der Waals surface area contributed by atoms with Crippen molar-refractivity contribution in [1.82, 2.24) is 9.88 Å². The lowest BCUT2D eigenvalue weighted by Crippen LogP contribution is -2.29. The highest BCUT2D eigenvalue weighted by Gasteiger charge is 2.27. The van der Waals surface area contributed by atoms with E-state index < -0.39 is 5.97 Å². The van der Waals surface area contributed by atoms with E-state index in [4.69, 9.17) is 5.11 Å². The molecule has 0 aromatic carbocycles. The first-order valence-electron chi connectivity index (χ1n) is 8.30. The summed E-state index contributed by atoms with van der Waals surface area (Å²) in [5, 5.41) is 9.37. The minimum absolute atomic E-state index is 0.00319. The normalized spacial score (nSPS) is 13.6. The smallest absolute Gasteiger partial charge is 0.303 e. The van der Waals surface area contributed by atoms with Crippen molar-refractivity contribution in [3.63, 3.8) is 0 Å². The summed E-state index contributed by atoms with van der Waals surface area (Å²) in [6.45, 7) is 2.67. The van der Waals surface area contributed by atoms with Crippen LogP contribution in [0.4, 0.5) is 0 Å². The van der Waals surface area contributed by atoms with Crippen molar-refractivity contribution in [3.8, 4) is 0 Å². The molecule has 1 fully saturated rings. The summed E-state index contributed by atoms with van der Waals surface area (Å²) >= 11 is 0. The Morgan fingerprint density at radius 3 is 2.52 bits per heavy atom. The van der Waals surface area contributed by atoms with Crippen molar-refractivity contribution < 1.29 is 19.5 Å². The van der Waals surface area contributed by atoms with Gasteiger partial charge in [0.15, 0.2) is 0 Å². The molecule has 0 unspecified atom stereocenters. The molecule has 138 valence electrons. The topological polar surface area (TPSA) is 87.6 Å². The molecule has 2 heterocycles. The highest BCUT2D eigenvalue weighted by molar-refractivity contribution is 8.76. The molecule has 0 aliphatic carbocycles. The van der Waals surface area contributed by atoms with Crippen LogP contribution in [-0.2, 0) is 14.4 Å². The Bertz CT molecular complexity index is 539. The number of aromatic nitrogens is 1. The van der Waals surface area contributed by atoms with Crippen molar-refractivity contribution >= 4 is 39.4 Å². The molecule has 1 aliphatic rings. The molecule has 0 radical (unpaired) electrons. The average molecular weight is 385 g/mol. The molecule has 1 saturated heterocycles. The summed E-state index contributed by atoms with van der Waals surface area (Å²) in [5.74, 6) is 0.119. The van der Waals surface area contributed by atoms with Crippen LogP contribution in [0.25, 0.3) is 0 Å². The van der Waals surface area contributed by atoms with Gasteiger partial charge in [-0.25, -0.2) is 4.98 Å². The van der Waals surface area contributed by atoms with Gasteiger partial charge in [0.2, 0.25) is 11.8 Å². The van der Waals surface area contributed by atoms with E-state index in [1.54, 1.807) is 27.8 Å². The van der Waals surface area contributed by atoms with Gasteiger partial charge in [-0.15, -0.1) is 0 Å². The van der Waals surface area contributed by atoms with E-state index in [9.17, 15) is 14.4 Å². The molecule has 1 N–H and O–H groups in total. The Morgan fingerprint density at radius 2 is 1.96 bits per heavy atom. The number of carbonyl (C=O) groups is 3. The van der Waals surface area contributed by atoms with Gasteiger partial charge in [-0.2, -0.15) is 0 Å². The Hall–Kier alpha value is -1.54. The number of imide groups is 1. The molecule has 1 aromatic heterocycles. The molecule has 2 rings (SSSR count). The SMILES string of the molecule is CCCCN1C(=O)CCC1=O.O=C(O)CCCSSc1ccccn1. The van der Waals surface area contributed by atoms with Gasteiger partial charge in [-0.3, -0.25) is 19.3 Å². The molecular weight excluding hydrogens is 360 g/mol. The van der Waals surface area contributed by atoms with Crippen molar-refractivity contribution in [2.75, 3.05) is 12.3 Å². The lowest BCUT2D eigenvalue weighted by molar-refractivity contribution is -0.139. The van der Waals surface area contributed by atoms with Gasteiger partial charge in [0.1, 0.15) is 5.03 Å². The average Bonchev–Trinajstić information content (AvgIpc) is 2.92. The molecule has 0 spiro atoms. The van der Waals surface area contributed by atoms with Crippen LogP contribution in [0.3, 0.4) is 0 Å². The monoisotopic (exact) mass is 384 g/mol. The standard InChI is InChI=1S/C9H11NO2S2.C8H13NO2/c11-9(12)5-3-7-13-14-8-4-1-2-6-10-8;1-2-3-6-9-7(10)4-5-8(9)11/h1-2,4,6H,3,5,7H2,(H,11,12);2-6H2,1H3. The fourth-order valence-corrected chi connectivity index (χ4v) is 3.94. The number of aliphatic carboxylic acids is 1. The highest BCUT2D eigenvalue weighted by Crippen LogP contribution is 2.29. The molecule has 2 amide bonds. The predicted molar refractivity (Wildman–Crippen MR) is 100 cm³/mol. The molecule has 25 heavy (non-hydrogen) atoms. The van der Waals surface area contributed by atoms with E-state index in [-0.39, 0.29) is 18.2 Å². The Labute approximate surface area is 156 Å². The number of nitrogens with zero attached hydrogens (tertiary/aromatic N) is 2. The van der Waals surface area contributed by atoms with Crippen LogP contribution in [0, 0.1) is 0 Å². The molecule has 6 nitrogen and oxygen atoms in total. The second-order valence-electron chi connectivity index (χ2n) is 5.36. The summed E-state index contributed by atoms with van der Waals surface area (Å²) in [6, 6.07) is 5.75. The van der Waals surface area contributed by atoms with Crippen LogP contribution in [0.5, 0.6) is 0 Å². The van der Waals surface area contributed by atoms with Gasteiger partial charge in [0.25, 0.3) is 0 Å². The summed E-state index contributed by atoms with van der Waals surface area (Å²) in [4.78, 5) is 37.7. The van der Waals surface area contributed by atoms with E-state index >= 15 is 0 Å². The maximum Gasteiger partial charge on any atom is 0.303 e.